The summed E-state index contributed by atoms with van der Waals surface area (Å²) >= 11 is 0. The number of benzene rings is 1. The van der Waals surface area contributed by atoms with Crippen molar-refractivity contribution in [1.82, 2.24) is 14.7 Å². The number of likely N-dealkylation sites (N-methyl/N-ethyl adjacent to an activating group) is 1. The van der Waals surface area contributed by atoms with Gasteiger partial charge in [-0.2, -0.15) is 0 Å². The Balaban J connectivity index is 1.34. The summed E-state index contributed by atoms with van der Waals surface area (Å²) in [5.74, 6) is 0.613. The smallest absolute Gasteiger partial charge is 0.254 e. The van der Waals surface area contributed by atoms with Crippen molar-refractivity contribution in [2.45, 2.75) is 44.7 Å². The van der Waals surface area contributed by atoms with Gasteiger partial charge in [0.1, 0.15) is 6.54 Å². The maximum absolute atomic E-state index is 12.7. The van der Waals surface area contributed by atoms with Gasteiger partial charge < -0.3 is 14.7 Å². The maximum Gasteiger partial charge on any atom is 0.254 e. The van der Waals surface area contributed by atoms with Crippen LogP contribution in [0.5, 0.6) is 0 Å². The molecule has 2 atom stereocenters. The van der Waals surface area contributed by atoms with Crippen LogP contribution in [-0.2, 0) is 11.3 Å². The van der Waals surface area contributed by atoms with E-state index in [0.717, 1.165) is 17.7 Å². The van der Waals surface area contributed by atoms with Gasteiger partial charge in [0.25, 0.3) is 5.91 Å². The highest BCUT2D eigenvalue weighted by molar-refractivity contribution is 6.00. The van der Waals surface area contributed by atoms with E-state index in [-0.39, 0.29) is 18.4 Å². The molecule has 2 saturated heterocycles. The third-order valence-corrected chi connectivity index (χ3v) is 6.39. The van der Waals surface area contributed by atoms with Crippen LogP contribution in [0.1, 0.15) is 48.0 Å². The van der Waals surface area contributed by atoms with Crippen molar-refractivity contribution in [3.63, 3.8) is 0 Å². The maximum atomic E-state index is 12.7. The van der Waals surface area contributed by atoms with Crippen molar-refractivity contribution in [3.05, 3.63) is 35.4 Å². The normalized spacial score (nSPS) is 25.7. The molecule has 0 bridgehead atoms. The third-order valence-electron chi connectivity index (χ3n) is 6.39. The molecule has 5 nitrogen and oxygen atoms in total. The minimum atomic E-state index is -0.0153. The van der Waals surface area contributed by atoms with Gasteiger partial charge >= 0.3 is 0 Å². The first-order valence-corrected chi connectivity index (χ1v) is 9.98. The highest BCUT2D eigenvalue weighted by Crippen LogP contribution is 2.31. The van der Waals surface area contributed by atoms with E-state index in [9.17, 15) is 9.59 Å². The number of hydrogen-bond acceptors (Lipinski definition) is 3. The Morgan fingerprint density at radius 2 is 1.96 bits per heavy atom. The molecule has 3 heterocycles. The number of nitrogens with zero attached hydrogens (tertiary/aromatic N) is 3. The van der Waals surface area contributed by atoms with Gasteiger partial charge in [-0.1, -0.05) is 24.6 Å². The van der Waals surface area contributed by atoms with E-state index < -0.39 is 0 Å². The number of carbonyl (C=O) groups excluding carboxylic acids is 2. The summed E-state index contributed by atoms with van der Waals surface area (Å²) in [6.45, 7) is 3.99. The van der Waals surface area contributed by atoms with Crippen molar-refractivity contribution in [2.75, 3.05) is 33.2 Å². The van der Waals surface area contributed by atoms with Crippen LogP contribution < -0.4 is 0 Å². The largest absolute Gasteiger partial charge is 0.344 e. The molecule has 5 heteroatoms. The molecular formula is C21H29N3O2. The molecule has 26 heavy (non-hydrogen) atoms. The van der Waals surface area contributed by atoms with Crippen LogP contribution in [0.3, 0.4) is 0 Å². The third kappa shape index (κ3) is 3.37. The Hall–Kier alpha value is -1.88. The standard InChI is InChI=1S/C21H29N3O2/c1-22(13-17-8-6-12-23-11-5-4-10-19(17)23)20(25)15-24-14-16-7-2-3-9-18(16)21(24)26/h2-3,7,9,17,19H,4-6,8,10-15H2,1H3/t17-,19-/m1/s1. The molecule has 140 valence electrons. The van der Waals surface area contributed by atoms with Gasteiger partial charge in [-0.25, -0.2) is 0 Å². The van der Waals surface area contributed by atoms with Crippen LogP contribution >= 0.6 is 0 Å². The Morgan fingerprint density at radius 3 is 2.81 bits per heavy atom. The van der Waals surface area contributed by atoms with E-state index >= 15 is 0 Å². The summed E-state index contributed by atoms with van der Waals surface area (Å²) in [6.07, 6.45) is 6.36. The minimum Gasteiger partial charge on any atom is -0.344 e. The molecule has 0 radical (unpaired) electrons. The highest BCUT2D eigenvalue weighted by atomic mass is 16.2. The molecule has 4 rings (SSSR count). The Bertz CT molecular complexity index is 688. The summed E-state index contributed by atoms with van der Waals surface area (Å²) in [7, 11) is 1.90. The van der Waals surface area contributed by atoms with Crippen molar-refractivity contribution < 1.29 is 9.59 Å². The topological polar surface area (TPSA) is 43.9 Å². The fraction of sp³-hybridized carbons (Fsp3) is 0.619. The first kappa shape index (κ1) is 17.5. The molecule has 0 spiro atoms. The van der Waals surface area contributed by atoms with Crippen LogP contribution in [0.4, 0.5) is 0 Å². The zero-order valence-electron chi connectivity index (χ0n) is 15.7. The van der Waals surface area contributed by atoms with Crippen molar-refractivity contribution in [3.8, 4) is 0 Å². The lowest BCUT2D eigenvalue weighted by molar-refractivity contribution is -0.131. The quantitative estimate of drug-likeness (QED) is 0.833. The molecule has 2 amide bonds. The van der Waals surface area contributed by atoms with Gasteiger partial charge in [-0.3, -0.25) is 9.59 Å². The summed E-state index contributed by atoms with van der Waals surface area (Å²) in [6, 6.07) is 8.30. The van der Waals surface area contributed by atoms with Gasteiger partial charge in [-0.05, 0) is 56.3 Å². The lowest BCUT2D eigenvalue weighted by Crippen LogP contribution is -2.51. The number of hydrogen-bond donors (Lipinski definition) is 0. The number of fused-ring (bicyclic) bond motifs is 2. The second kappa shape index (κ2) is 7.39. The average Bonchev–Trinajstić information content (AvgIpc) is 2.98. The molecule has 3 aliphatic heterocycles. The van der Waals surface area contributed by atoms with E-state index in [0.29, 0.717) is 18.5 Å². The van der Waals surface area contributed by atoms with Crippen LogP contribution in [0.15, 0.2) is 24.3 Å². The second-order valence-electron chi connectivity index (χ2n) is 8.09. The van der Waals surface area contributed by atoms with E-state index in [1.54, 1.807) is 4.90 Å². The van der Waals surface area contributed by atoms with E-state index in [1.807, 2.05) is 36.2 Å². The number of carbonyl (C=O) groups is 2. The van der Waals surface area contributed by atoms with E-state index in [4.69, 9.17) is 0 Å². The molecule has 1 aromatic carbocycles. The minimum absolute atomic E-state index is 0.0153. The first-order valence-electron chi connectivity index (χ1n) is 9.98. The van der Waals surface area contributed by atoms with Crippen LogP contribution in [0.2, 0.25) is 0 Å². The number of amides is 2. The molecule has 0 N–H and O–H groups in total. The van der Waals surface area contributed by atoms with E-state index in [2.05, 4.69) is 4.90 Å². The van der Waals surface area contributed by atoms with Crippen molar-refractivity contribution in [1.29, 1.82) is 0 Å². The van der Waals surface area contributed by atoms with Crippen LogP contribution in [0, 0.1) is 5.92 Å². The highest BCUT2D eigenvalue weighted by Gasteiger charge is 2.35. The predicted octanol–water partition coefficient (Wildman–Crippen LogP) is 2.37. The molecule has 0 saturated carbocycles. The van der Waals surface area contributed by atoms with Crippen LogP contribution in [0.25, 0.3) is 0 Å². The Morgan fingerprint density at radius 1 is 1.15 bits per heavy atom. The Labute approximate surface area is 155 Å². The zero-order valence-corrected chi connectivity index (χ0v) is 15.7. The lowest BCUT2D eigenvalue weighted by atomic mass is 9.83. The van der Waals surface area contributed by atoms with E-state index in [1.165, 1.54) is 45.2 Å². The fourth-order valence-electron chi connectivity index (χ4n) is 4.97. The number of piperidine rings is 2. The van der Waals surface area contributed by atoms with Crippen LogP contribution in [-0.4, -0.2) is 65.8 Å². The molecule has 0 unspecified atom stereocenters. The van der Waals surface area contributed by atoms with Gasteiger partial charge in [0.05, 0.1) is 0 Å². The van der Waals surface area contributed by atoms with Gasteiger partial charge in [0, 0.05) is 31.7 Å². The summed E-state index contributed by atoms with van der Waals surface area (Å²) in [5, 5.41) is 0. The summed E-state index contributed by atoms with van der Waals surface area (Å²) < 4.78 is 0. The van der Waals surface area contributed by atoms with Gasteiger partial charge in [0.2, 0.25) is 5.91 Å². The van der Waals surface area contributed by atoms with Gasteiger partial charge in [-0.15, -0.1) is 0 Å². The average molecular weight is 355 g/mol. The fourth-order valence-corrected chi connectivity index (χ4v) is 4.97. The second-order valence-corrected chi connectivity index (χ2v) is 8.09. The molecule has 3 aliphatic rings. The molecule has 2 fully saturated rings. The molecular weight excluding hydrogens is 326 g/mol. The molecule has 0 aliphatic carbocycles. The van der Waals surface area contributed by atoms with Crippen molar-refractivity contribution in [2.24, 2.45) is 5.92 Å². The molecule has 1 aromatic rings. The first-order chi connectivity index (χ1) is 12.6. The SMILES string of the molecule is CN(C[C@H]1CCCN2CCCC[C@H]12)C(=O)CN1Cc2ccccc2C1=O. The predicted molar refractivity (Wildman–Crippen MR) is 101 cm³/mol. The molecule has 0 aromatic heterocycles. The Kier molecular flexibility index (Phi) is 4.98. The van der Waals surface area contributed by atoms with Crippen molar-refractivity contribution >= 4 is 11.8 Å². The summed E-state index contributed by atoms with van der Waals surface area (Å²) in [4.78, 5) is 31.4. The summed E-state index contributed by atoms with van der Waals surface area (Å²) in [5.41, 5.74) is 1.77. The lowest BCUT2D eigenvalue weighted by Gasteiger charge is -2.45. The zero-order chi connectivity index (χ0) is 18.1. The number of rotatable bonds is 4. The van der Waals surface area contributed by atoms with Gasteiger partial charge in [0.15, 0.2) is 0 Å². The monoisotopic (exact) mass is 355 g/mol.